The number of aryl methyl sites for hydroxylation is 1. The maximum atomic E-state index is 11.7. The summed E-state index contributed by atoms with van der Waals surface area (Å²) in [5, 5.41) is 4.58. The van der Waals surface area contributed by atoms with Crippen LogP contribution in [0.3, 0.4) is 0 Å². The van der Waals surface area contributed by atoms with Crippen LogP contribution in [0.25, 0.3) is 11.6 Å². The van der Waals surface area contributed by atoms with Gasteiger partial charge in [0.05, 0.1) is 12.7 Å². The van der Waals surface area contributed by atoms with Crippen LogP contribution in [0.1, 0.15) is 15.6 Å². The second kappa shape index (κ2) is 5.25. The van der Waals surface area contributed by atoms with Gasteiger partial charge in [-0.2, -0.15) is 0 Å². The van der Waals surface area contributed by atoms with E-state index in [2.05, 4.69) is 4.98 Å². The van der Waals surface area contributed by atoms with Crippen molar-refractivity contribution in [3.8, 4) is 0 Å². The van der Waals surface area contributed by atoms with Crippen LogP contribution in [0, 0.1) is 6.92 Å². The summed E-state index contributed by atoms with van der Waals surface area (Å²) in [4.78, 5) is 17.1. The number of hydrogen-bond acceptors (Lipinski definition) is 5. The number of esters is 1. The number of ether oxygens (including phenoxy) is 1. The molecule has 3 nitrogen and oxygen atoms in total. The lowest BCUT2D eigenvalue weighted by atomic mass is 10.2. The van der Waals surface area contributed by atoms with Crippen molar-refractivity contribution in [2.24, 2.45) is 0 Å². The first-order valence-corrected chi connectivity index (χ1v) is 6.72. The van der Waals surface area contributed by atoms with Gasteiger partial charge in [0.15, 0.2) is 0 Å². The highest BCUT2D eigenvalue weighted by atomic mass is 32.1. The van der Waals surface area contributed by atoms with Crippen LogP contribution in [0.15, 0.2) is 22.9 Å². The Balaban J connectivity index is 2.42. The van der Waals surface area contributed by atoms with Crippen molar-refractivity contribution in [3.05, 3.63) is 38.5 Å². The van der Waals surface area contributed by atoms with Crippen molar-refractivity contribution in [2.45, 2.75) is 6.92 Å². The maximum Gasteiger partial charge on any atom is 0.340 e. The van der Waals surface area contributed by atoms with E-state index in [4.69, 9.17) is 4.74 Å². The van der Waals surface area contributed by atoms with E-state index in [0.717, 1.165) is 10.6 Å². The van der Waals surface area contributed by atoms with Crippen molar-refractivity contribution in [3.63, 3.8) is 0 Å². The van der Waals surface area contributed by atoms with Gasteiger partial charge in [-0.1, -0.05) is 6.07 Å². The smallest absolute Gasteiger partial charge is 0.340 e. The zero-order chi connectivity index (χ0) is 12.3. The van der Waals surface area contributed by atoms with Crippen LogP contribution < -0.4 is 0 Å². The van der Waals surface area contributed by atoms with E-state index in [0.29, 0.717) is 10.6 Å². The Labute approximate surface area is 107 Å². The summed E-state index contributed by atoms with van der Waals surface area (Å²) in [7, 11) is 1.38. The molecule has 0 unspecified atom stereocenters. The Kier molecular flexibility index (Phi) is 3.71. The van der Waals surface area contributed by atoms with Gasteiger partial charge in [0.1, 0.15) is 5.01 Å². The van der Waals surface area contributed by atoms with Crippen LogP contribution in [0.2, 0.25) is 0 Å². The lowest BCUT2D eigenvalue weighted by molar-refractivity contribution is -0.133. The zero-order valence-corrected chi connectivity index (χ0v) is 11.1. The molecule has 0 aliphatic heterocycles. The van der Waals surface area contributed by atoms with E-state index in [1.807, 2.05) is 35.9 Å². The summed E-state index contributed by atoms with van der Waals surface area (Å²) < 4.78 is 4.79. The highest BCUT2D eigenvalue weighted by Gasteiger charge is 2.15. The van der Waals surface area contributed by atoms with Crippen molar-refractivity contribution < 1.29 is 9.53 Å². The van der Waals surface area contributed by atoms with Crippen molar-refractivity contribution in [1.29, 1.82) is 0 Å². The summed E-state index contributed by atoms with van der Waals surface area (Å²) in [6, 6.07) is 3.90. The van der Waals surface area contributed by atoms with E-state index in [1.54, 1.807) is 11.3 Å². The van der Waals surface area contributed by atoms with E-state index in [1.165, 1.54) is 18.4 Å². The monoisotopic (exact) mass is 265 g/mol. The third kappa shape index (κ3) is 2.81. The second-order valence-corrected chi connectivity index (χ2v) is 5.20. The Bertz CT molecular complexity index is 541. The van der Waals surface area contributed by atoms with Crippen molar-refractivity contribution >= 4 is 40.3 Å². The first-order chi connectivity index (χ1) is 8.20. The molecule has 88 valence electrons. The number of rotatable bonds is 3. The molecule has 0 saturated carbocycles. The third-order valence-corrected chi connectivity index (χ3v) is 3.90. The summed E-state index contributed by atoms with van der Waals surface area (Å²) in [5.41, 5.74) is 1.42. The molecular formula is C12H11NO2S2. The fourth-order valence-electron chi connectivity index (χ4n) is 1.31. The summed E-state index contributed by atoms with van der Waals surface area (Å²) in [6.07, 6.45) is 1.81. The number of nitrogens with zero attached hydrogens (tertiary/aromatic N) is 1. The lowest BCUT2D eigenvalue weighted by Crippen LogP contribution is -2.03. The van der Waals surface area contributed by atoms with Crippen LogP contribution in [0.5, 0.6) is 0 Å². The largest absolute Gasteiger partial charge is 0.465 e. The first kappa shape index (κ1) is 12.0. The average Bonchev–Trinajstić information content (AvgIpc) is 2.96. The fourth-order valence-corrected chi connectivity index (χ4v) is 2.77. The summed E-state index contributed by atoms with van der Waals surface area (Å²) >= 11 is 3.02. The van der Waals surface area contributed by atoms with Gasteiger partial charge in [-0.15, -0.1) is 22.7 Å². The number of carbonyl (C=O) groups is 1. The molecule has 0 N–H and O–H groups in total. The van der Waals surface area contributed by atoms with Gasteiger partial charge < -0.3 is 4.74 Å². The normalized spacial score (nSPS) is 11.5. The fraction of sp³-hybridized carbons (Fsp3) is 0.167. The standard InChI is InChI=1S/C12H11NO2S2/c1-8-7-17-11(13-8)10(12(14)15-2)6-9-4-3-5-16-9/h3-7H,1-2H3/b10-6-. The molecule has 0 spiro atoms. The summed E-state index contributed by atoms with van der Waals surface area (Å²) in [6.45, 7) is 1.90. The highest BCUT2D eigenvalue weighted by Crippen LogP contribution is 2.24. The Hall–Kier alpha value is -1.46. The van der Waals surface area contributed by atoms with Gasteiger partial charge in [-0.05, 0) is 24.4 Å². The molecule has 5 heteroatoms. The minimum atomic E-state index is -0.354. The van der Waals surface area contributed by atoms with Crippen LogP contribution in [-0.4, -0.2) is 18.1 Å². The van der Waals surface area contributed by atoms with Gasteiger partial charge in [0, 0.05) is 16.0 Å². The van der Waals surface area contributed by atoms with Crippen molar-refractivity contribution in [1.82, 2.24) is 4.98 Å². The van der Waals surface area contributed by atoms with E-state index in [9.17, 15) is 4.79 Å². The van der Waals surface area contributed by atoms with Crippen LogP contribution in [-0.2, 0) is 9.53 Å². The average molecular weight is 265 g/mol. The highest BCUT2D eigenvalue weighted by molar-refractivity contribution is 7.12. The lowest BCUT2D eigenvalue weighted by Gasteiger charge is -2.00. The van der Waals surface area contributed by atoms with Crippen LogP contribution in [0.4, 0.5) is 0 Å². The minimum Gasteiger partial charge on any atom is -0.465 e. The van der Waals surface area contributed by atoms with E-state index < -0.39 is 0 Å². The zero-order valence-electron chi connectivity index (χ0n) is 9.47. The molecule has 2 aromatic heterocycles. The molecule has 0 aliphatic carbocycles. The number of aromatic nitrogens is 1. The van der Waals surface area contributed by atoms with E-state index >= 15 is 0 Å². The van der Waals surface area contributed by atoms with Gasteiger partial charge >= 0.3 is 5.97 Å². The molecule has 0 bridgehead atoms. The quantitative estimate of drug-likeness (QED) is 0.632. The number of thiophene rings is 1. The second-order valence-electron chi connectivity index (χ2n) is 3.36. The molecule has 0 fully saturated rings. The van der Waals surface area contributed by atoms with Gasteiger partial charge in [0.2, 0.25) is 0 Å². The van der Waals surface area contributed by atoms with Crippen molar-refractivity contribution in [2.75, 3.05) is 7.11 Å². The molecule has 0 aliphatic rings. The van der Waals surface area contributed by atoms with E-state index in [-0.39, 0.29) is 5.97 Å². The van der Waals surface area contributed by atoms with Gasteiger partial charge in [-0.3, -0.25) is 0 Å². The third-order valence-electron chi connectivity index (χ3n) is 2.08. The Morgan fingerprint density at radius 1 is 1.47 bits per heavy atom. The predicted molar refractivity (Wildman–Crippen MR) is 71.1 cm³/mol. The molecule has 0 amide bonds. The number of thiazole rings is 1. The molecule has 0 radical (unpaired) electrons. The van der Waals surface area contributed by atoms with Crippen LogP contribution >= 0.6 is 22.7 Å². The number of hydrogen-bond donors (Lipinski definition) is 0. The van der Waals surface area contributed by atoms with Gasteiger partial charge in [0.25, 0.3) is 0 Å². The minimum absolute atomic E-state index is 0.354. The molecular weight excluding hydrogens is 254 g/mol. The molecule has 2 rings (SSSR count). The number of methoxy groups -OCH3 is 1. The molecule has 0 saturated heterocycles. The SMILES string of the molecule is COC(=O)/C(=C\c1cccs1)c1nc(C)cs1. The molecule has 2 aromatic rings. The molecule has 2 heterocycles. The first-order valence-electron chi connectivity index (χ1n) is 4.96. The number of carbonyl (C=O) groups excluding carboxylic acids is 1. The summed E-state index contributed by atoms with van der Waals surface area (Å²) in [5.74, 6) is -0.354. The molecule has 0 aromatic carbocycles. The predicted octanol–water partition coefficient (Wildman–Crippen LogP) is 3.23. The van der Waals surface area contributed by atoms with Gasteiger partial charge in [-0.25, -0.2) is 9.78 Å². The Morgan fingerprint density at radius 2 is 2.29 bits per heavy atom. The topological polar surface area (TPSA) is 39.2 Å². The molecule has 0 atom stereocenters. The maximum absolute atomic E-state index is 11.7. The molecule has 17 heavy (non-hydrogen) atoms. The Morgan fingerprint density at radius 3 is 2.82 bits per heavy atom.